The van der Waals surface area contributed by atoms with E-state index in [9.17, 15) is 9.59 Å². The van der Waals surface area contributed by atoms with Crippen molar-refractivity contribution in [3.63, 3.8) is 0 Å². The van der Waals surface area contributed by atoms with Gasteiger partial charge in [0.15, 0.2) is 0 Å². The fourth-order valence-electron chi connectivity index (χ4n) is 4.73. The van der Waals surface area contributed by atoms with Crippen molar-refractivity contribution >= 4 is 11.9 Å². The van der Waals surface area contributed by atoms with Crippen LogP contribution in [0.3, 0.4) is 0 Å². The highest BCUT2D eigenvalue weighted by molar-refractivity contribution is 5.69. The van der Waals surface area contributed by atoms with Crippen molar-refractivity contribution in [1.29, 1.82) is 0 Å². The highest BCUT2D eigenvalue weighted by Gasteiger charge is 2.12. The summed E-state index contributed by atoms with van der Waals surface area (Å²) in [5.41, 5.74) is 1.44. The van der Waals surface area contributed by atoms with Crippen molar-refractivity contribution in [2.24, 2.45) is 0 Å². The predicted octanol–water partition coefficient (Wildman–Crippen LogP) is 8.92. The second-order valence-electron chi connectivity index (χ2n) is 10.2. The molecule has 200 valence electrons. The van der Waals surface area contributed by atoms with Gasteiger partial charge in [0.05, 0.1) is 12.2 Å². The fourth-order valence-corrected chi connectivity index (χ4v) is 4.73. The lowest BCUT2D eigenvalue weighted by Crippen LogP contribution is -2.14. The third-order valence-electron chi connectivity index (χ3n) is 6.69. The quantitative estimate of drug-likeness (QED) is 0.128. The molecule has 0 saturated carbocycles. The molecule has 1 aromatic carbocycles. The fraction of sp³-hybridized carbons (Fsp3) is 0.742. The summed E-state index contributed by atoms with van der Waals surface area (Å²) in [5, 5.41) is 0. The van der Waals surface area contributed by atoms with E-state index in [0.29, 0.717) is 18.8 Å². The number of ether oxygens (including phenoxy) is 2. The van der Waals surface area contributed by atoms with Crippen LogP contribution in [0.15, 0.2) is 30.3 Å². The Morgan fingerprint density at radius 1 is 0.629 bits per heavy atom. The molecule has 0 N–H and O–H groups in total. The van der Waals surface area contributed by atoms with E-state index in [0.717, 1.165) is 51.4 Å². The number of hydrogen-bond donors (Lipinski definition) is 0. The van der Waals surface area contributed by atoms with E-state index >= 15 is 0 Å². The SMILES string of the molecule is CCCC(C)OC(=O)CCCCCCC(CCCCCCC(=O)OC(C)CCC)c1ccccc1. The van der Waals surface area contributed by atoms with Gasteiger partial charge in [-0.1, -0.05) is 95.5 Å². The predicted molar refractivity (Wildman–Crippen MR) is 146 cm³/mol. The molecule has 0 saturated heterocycles. The molecular weight excluding hydrogens is 436 g/mol. The number of carbonyl (C=O) groups is 2. The molecule has 0 aliphatic rings. The summed E-state index contributed by atoms with van der Waals surface area (Å²) in [6, 6.07) is 10.9. The summed E-state index contributed by atoms with van der Waals surface area (Å²) < 4.78 is 10.9. The molecule has 35 heavy (non-hydrogen) atoms. The zero-order chi connectivity index (χ0) is 25.7. The molecule has 1 rings (SSSR count). The molecule has 0 bridgehead atoms. The average Bonchev–Trinajstić information content (AvgIpc) is 2.82. The Labute approximate surface area is 215 Å². The number of benzene rings is 1. The number of hydrogen-bond acceptors (Lipinski definition) is 4. The van der Waals surface area contributed by atoms with Gasteiger partial charge in [-0.05, 0) is 63.9 Å². The minimum Gasteiger partial charge on any atom is -0.463 e. The molecule has 0 spiro atoms. The summed E-state index contributed by atoms with van der Waals surface area (Å²) in [6.07, 6.45) is 16.3. The van der Waals surface area contributed by atoms with Gasteiger partial charge in [-0.3, -0.25) is 9.59 Å². The molecular formula is C31H52O4. The van der Waals surface area contributed by atoms with Gasteiger partial charge in [-0.15, -0.1) is 0 Å². The normalized spacial score (nSPS) is 13.7. The van der Waals surface area contributed by atoms with Crippen LogP contribution in [-0.4, -0.2) is 24.1 Å². The first-order valence-electron chi connectivity index (χ1n) is 14.4. The first-order valence-corrected chi connectivity index (χ1v) is 14.4. The van der Waals surface area contributed by atoms with Crippen LogP contribution in [0.25, 0.3) is 0 Å². The van der Waals surface area contributed by atoms with Gasteiger partial charge in [-0.2, -0.15) is 0 Å². The van der Waals surface area contributed by atoms with Crippen molar-refractivity contribution in [1.82, 2.24) is 0 Å². The summed E-state index contributed by atoms with van der Waals surface area (Å²) in [5.74, 6) is 0.504. The highest BCUT2D eigenvalue weighted by Crippen LogP contribution is 2.28. The van der Waals surface area contributed by atoms with Gasteiger partial charge in [0.25, 0.3) is 0 Å². The molecule has 0 aromatic heterocycles. The monoisotopic (exact) mass is 488 g/mol. The van der Waals surface area contributed by atoms with Crippen LogP contribution in [0.2, 0.25) is 0 Å². The van der Waals surface area contributed by atoms with Crippen LogP contribution in [0.1, 0.15) is 142 Å². The Bertz CT molecular complexity index is 619. The van der Waals surface area contributed by atoms with Gasteiger partial charge >= 0.3 is 11.9 Å². The Balaban J connectivity index is 2.23. The smallest absolute Gasteiger partial charge is 0.306 e. The molecule has 0 heterocycles. The Morgan fingerprint density at radius 2 is 1.06 bits per heavy atom. The Hall–Kier alpha value is -1.84. The molecule has 0 aliphatic heterocycles. The summed E-state index contributed by atoms with van der Waals surface area (Å²) in [7, 11) is 0. The van der Waals surface area contributed by atoms with Crippen LogP contribution in [0.5, 0.6) is 0 Å². The van der Waals surface area contributed by atoms with E-state index in [-0.39, 0.29) is 24.1 Å². The molecule has 0 fully saturated rings. The molecule has 4 heteroatoms. The minimum absolute atomic E-state index is 0.0439. The van der Waals surface area contributed by atoms with Gasteiger partial charge in [0.1, 0.15) is 0 Å². The number of carbonyl (C=O) groups excluding carboxylic acids is 2. The maximum absolute atomic E-state index is 11.9. The second kappa shape index (κ2) is 20.4. The van der Waals surface area contributed by atoms with Crippen molar-refractivity contribution < 1.29 is 19.1 Å². The van der Waals surface area contributed by atoms with E-state index in [4.69, 9.17) is 9.47 Å². The van der Waals surface area contributed by atoms with Crippen LogP contribution in [0.4, 0.5) is 0 Å². The minimum atomic E-state index is -0.0446. The molecule has 0 radical (unpaired) electrons. The lowest BCUT2D eigenvalue weighted by molar-refractivity contribution is -0.149. The lowest BCUT2D eigenvalue weighted by Gasteiger charge is -2.17. The van der Waals surface area contributed by atoms with Crippen LogP contribution >= 0.6 is 0 Å². The summed E-state index contributed by atoms with van der Waals surface area (Å²) in [6.45, 7) is 8.19. The van der Waals surface area contributed by atoms with Crippen molar-refractivity contribution in [3.05, 3.63) is 35.9 Å². The van der Waals surface area contributed by atoms with Gasteiger partial charge in [0.2, 0.25) is 0 Å². The molecule has 0 amide bonds. The third-order valence-corrected chi connectivity index (χ3v) is 6.69. The number of rotatable bonds is 21. The van der Waals surface area contributed by atoms with Crippen molar-refractivity contribution in [2.45, 2.75) is 149 Å². The lowest BCUT2D eigenvalue weighted by atomic mass is 9.88. The molecule has 4 nitrogen and oxygen atoms in total. The summed E-state index contributed by atoms with van der Waals surface area (Å²) >= 11 is 0. The Morgan fingerprint density at radius 3 is 1.49 bits per heavy atom. The molecule has 0 aliphatic carbocycles. The highest BCUT2D eigenvalue weighted by atomic mass is 16.5. The largest absolute Gasteiger partial charge is 0.463 e. The number of esters is 2. The maximum atomic E-state index is 11.9. The van der Waals surface area contributed by atoms with Crippen LogP contribution in [0, 0.1) is 0 Å². The standard InChI is InChI=1S/C31H52O4/c1-5-18-26(3)34-30(32)24-16-9-7-12-20-28(29-22-14-11-15-23-29)21-13-8-10-17-25-31(33)35-27(4)19-6-2/h11,14-15,22-23,26-28H,5-10,12-13,16-21,24-25H2,1-4H3. The molecule has 2 unspecified atom stereocenters. The zero-order valence-corrected chi connectivity index (χ0v) is 23.1. The molecule has 1 aromatic rings. The molecule has 2 atom stereocenters. The Kier molecular flexibility index (Phi) is 18.1. The van der Waals surface area contributed by atoms with Crippen LogP contribution < -0.4 is 0 Å². The summed E-state index contributed by atoms with van der Waals surface area (Å²) in [4.78, 5) is 23.8. The first kappa shape index (κ1) is 31.2. The van der Waals surface area contributed by atoms with E-state index in [1.54, 1.807) is 0 Å². The van der Waals surface area contributed by atoms with Gasteiger partial charge in [-0.25, -0.2) is 0 Å². The van der Waals surface area contributed by atoms with E-state index < -0.39 is 0 Å². The average molecular weight is 489 g/mol. The maximum Gasteiger partial charge on any atom is 0.306 e. The van der Waals surface area contributed by atoms with E-state index in [1.807, 2.05) is 13.8 Å². The van der Waals surface area contributed by atoms with Gasteiger partial charge < -0.3 is 9.47 Å². The third kappa shape index (κ3) is 16.5. The number of unbranched alkanes of at least 4 members (excludes halogenated alkanes) is 6. The van der Waals surface area contributed by atoms with E-state index in [1.165, 1.54) is 44.1 Å². The van der Waals surface area contributed by atoms with E-state index in [2.05, 4.69) is 44.2 Å². The van der Waals surface area contributed by atoms with Crippen molar-refractivity contribution in [3.8, 4) is 0 Å². The van der Waals surface area contributed by atoms with Crippen molar-refractivity contribution in [2.75, 3.05) is 0 Å². The zero-order valence-electron chi connectivity index (χ0n) is 23.1. The second-order valence-corrected chi connectivity index (χ2v) is 10.2. The van der Waals surface area contributed by atoms with Crippen LogP contribution in [-0.2, 0) is 19.1 Å². The first-order chi connectivity index (χ1) is 17.0. The van der Waals surface area contributed by atoms with Gasteiger partial charge in [0, 0.05) is 12.8 Å². The topological polar surface area (TPSA) is 52.6 Å².